The number of hydrogen-bond donors (Lipinski definition) is 0. The van der Waals surface area contributed by atoms with Crippen molar-refractivity contribution in [1.82, 2.24) is 19.9 Å². The number of benzene rings is 18. The predicted octanol–water partition coefficient (Wildman–Crippen LogP) is 27.4. The SMILES string of the molecule is c1ccc2cc3c(-c4ccc(-c5nc6ccc7ccccc7c6s5)cc4)c4ccccc4c(-c4ccc(-c5nc6ccc7ccccc7c6s5)cc4)c3cc2c1.c1ccc2cc3c(-c4ccc(-c5nc6ccccc6o5)cc4)c4ccccc4c(-c4ccc(-c5nc6ccccc6o5)cc4)c3cc2c1. The van der Waals surface area contributed by atoms with Gasteiger partial charge in [-0.3, -0.25) is 0 Å². The van der Waals surface area contributed by atoms with Gasteiger partial charge >= 0.3 is 0 Å². The Labute approximate surface area is 604 Å². The van der Waals surface area contributed by atoms with E-state index in [1.807, 2.05) is 48.5 Å². The van der Waals surface area contributed by atoms with Gasteiger partial charge in [-0.2, -0.15) is 0 Å². The summed E-state index contributed by atoms with van der Waals surface area (Å²) in [6.07, 6.45) is 0. The van der Waals surface area contributed by atoms with Gasteiger partial charge in [0.1, 0.15) is 21.0 Å². The first-order chi connectivity index (χ1) is 51.5. The number of nitrogens with zero attached hydrogens (tertiary/aromatic N) is 4. The Morgan fingerprint density at radius 1 is 0.192 bits per heavy atom. The van der Waals surface area contributed by atoms with Crippen LogP contribution in [0.15, 0.2) is 349 Å². The van der Waals surface area contributed by atoms with Crippen LogP contribution in [0.2, 0.25) is 0 Å². The Balaban J connectivity index is 0.000000136. The number of thiazole rings is 2. The molecule has 484 valence electrons. The fraction of sp³-hybridized carbons (Fsp3) is 0. The van der Waals surface area contributed by atoms with Crippen molar-refractivity contribution in [2.24, 2.45) is 0 Å². The van der Waals surface area contributed by atoms with E-state index in [4.69, 9.17) is 28.8 Å². The van der Waals surface area contributed by atoms with Crippen LogP contribution < -0.4 is 0 Å². The van der Waals surface area contributed by atoms with Crippen molar-refractivity contribution in [2.45, 2.75) is 0 Å². The minimum absolute atomic E-state index is 0.625. The smallest absolute Gasteiger partial charge is 0.227 e. The average molecular weight is 1360 g/mol. The van der Waals surface area contributed by atoms with E-state index in [9.17, 15) is 0 Å². The van der Waals surface area contributed by atoms with Gasteiger partial charge in [-0.1, -0.05) is 255 Å². The molecule has 0 amide bonds. The molecule has 0 aliphatic rings. The molecule has 18 aromatic carbocycles. The molecule has 0 unspecified atom stereocenters. The summed E-state index contributed by atoms with van der Waals surface area (Å²) < 4.78 is 14.6. The highest BCUT2D eigenvalue weighted by Gasteiger charge is 2.23. The molecule has 22 rings (SSSR count). The van der Waals surface area contributed by atoms with Gasteiger partial charge in [0.25, 0.3) is 0 Å². The highest BCUT2D eigenvalue weighted by atomic mass is 32.1. The second-order valence-electron chi connectivity index (χ2n) is 26.7. The van der Waals surface area contributed by atoms with Gasteiger partial charge in [0.15, 0.2) is 11.2 Å². The topological polar surface area (TPSA) is 77.8 Å². The third-order valence-corrected chi connectivity index (χ3v) is 22.9. The van der Waals surface area contributed by atoms with E-state index in [0.717, 1.165) is 76.6 Å². The zero-order valence-electron chi connectivity index (χ0n) is 55.8. The Bertz CT molecular complexity index is 6720. The van der Waals surface area contributed by atoms with Crippen LogP contribution in [0.1, 0.15) is 0 Å². The average Bonchev–Trinajstić information content (AvgIpc) is 1.57. The van der Waals surface area contributed by atoms with Crippen molar-refractivity contribution in [3.63, 3.8) is 0 Å². The minimum Gasteiger partial charge on any atom is -0.436 e. The van der Waals surface area contributed by atoms with Crippen LogP contribution in [0, 0.1) is 0 Å². The summed E-state index contributed by atoms with van der Waals surface area (Å²) in [5.74, 6) is 1.25. The van der Waals surface area contributed by atoms with Crippen molar-refractivity contribution in [3.05, 3.63) is 340 Å². The lowest BCUT2D eigenvalue weighted by atomic mass is 9.84. The van der Waals surface area contributed by atoms with E-state index >= 15 is 0 Å². The van der Waals surface area contributed by atoms with Gasteiger partial charge in [-0.05, 0) is 205 Å². The predicted molar refractivity (Wildman–Crippen MR) is 438 cm³/mol. The second-order valence-corrected chi connectivity index (χ2v) is 28.7. The highest BCUT2D eigenvalue weighted by Crippen LogP contribution is 2.49. The van der Waals surface area contributed by atoms with Crippen LogP contribution in [-0.4, -0.2) is 19.9 Å². The van der Waals surface area contributed by atoms with Crippen molar-refractivity contribution in [2.75, 3.05) is 0 Å². The monoisotopic (exact) mass is 1360 g/mol. The first kappa shape index (κ1) is 59.6. The molecule has 4 heterocycles. The summed E-state index contributed by atoms with van der Waals surface area (Å²) >= 11 is 3.55. The van der Waals surface area contributed by atoms with Crippen molar-refractivity contribution in [3.8, 4) is 88.6 Å². The summed E-state index contributed by atoms with van der Waals surface area (Å²) in [6, 6.07) is 121. The Morgan fingerprint density at radius 2 is 0.462 bits per heavy atom. The van der Waals surface area contributed by atoms with Crippen molar-refractivity contribution in [1.29, 1.82) is 0 Å². The Kier molecular flexibility index (Phi) is 13.9. The molecule has 0 spiro atoms. The van der Waals surface area contributed by atoms with Crippen LogP contribution in [0.5, 0.6) is 0 Å². The van der Waals surface area contributed by atoms with Crippen molar-refractivity contribution >= 4 is 151 Å². The number of para-hydroxylation sites is 4. The van der Waals surface area contributed by atoms with Crippen LogP contribution in [0.3, 0.4) is 0 Å². The molecule has 0 aliphatic heterocycles. The molecule has 4 aromatic heterocycles. The fourth-order valence-corrected chi connectivity index (χ4v) is 17.8. The number of aromatic nitrogens is 4. The summed E-state index contributed by atoms with van der Waals surface area (Å²) in [7, 11) is 0. The van der Waals surface area contributed by atoms with E-state index < -0.39 is 0 Å². The van der Waals surface area contributed by atoms with Gasteiger partial charge in [0.2, 0.25) is 11.8 Å². The molecule has 104 heavy (non-hydrogen) atoms. The largest absolute Gasteiger partial charge is 0.436 e. The van der Waals surface area contributed by atoms with Crippen molar-refractivity contribution < 1.29 is 8.83 Å². The Hall–Kier alpha value is -13.2. The van der Waals surface area contributed by atoms with Gasteiger partial charge in [0.05, 0.1) is 20.4 Å². The molecule has 0 radical (unpaired) electrons. The molecule has 0 saturated carbocycles. The maximum Gasteiger partial charge on any atom is 0.227 e. The van der Waals surface area contributed by atoms with Crippen LogP contribution >= 0.6 is 22.7 Å². The van der Waals surface area contributed by atoms with E-state index in [1.54, 1.807) is 22.7 Å². The Morgan fingerprint density at radius 3 is 0.788 bits per heavy atom. The molecule has 6 nitrogen and oxygen atoms in total. The van der Waals surface area contributed by atoms with Gasteiger partial charge in [-0.15, -0.1) is 22.7 Å². The van der Waals surface area contributed by atoms with E-state index in [0.29, 0.717) is 11.8 Å². The molecular formula is C96H56N4O2S2. The maximum atomic E-state index is 6.08. The summed E-state index contributed by atoms with van der Waals surface area (Å²) in [6.45, 7) is 0. The quantitative estimate of drug-likeness (QED) is 0.141. The lowest BCUT2D eigenvalue weighted by Gasteiger charge is -2.19. The third-order valence-electron chi connectivity index (χ3n) is 20.6. The molecule has 8 heteroatoms. The standard InChI is InChI=1S/C52H30N2S2.C44H26N2O2/c1-2-12-38-30-44-43(29-37(38)11-1)47(33-17-21-35(22-18-33)51-53-45-27-25-31-9-3-5-13-39(31)49(45)55-51)41-15-7-8-16-42(41)48(44)34-19-23-36(24-20-34)52-54-46-28-26-32-10-4-6-14-40(32)50(46)56-52;1-2-10-32-26-36-35(25-31(32)9-1)41(27-17-21-29(22-18-27)43-45-37-13-5-7-15-39(37)47-43)33-11-3-4-12-34(33)42(36)28-19-23-30(24-20-28)44-46-38-14-6-8-16-40(38)48-44/h1-30H;1-26H. The minimum atomic E-state index is 0.625. The highest BCUT2D eigenvalue weighted by molar-refractivity contribution is 7.23. The van der Waals surface area contributed by atoms with Crippen LogP contribution in [-0.2, 0) is 0 Å². The fourth-order valence-electron chi connectivity index (χ4n) is 15.6. The zero-order valence-corrected chi connectivity index (χ0v) is 57.4. The number of hydrogen-bond acceptors (Lipinski definition) is 8. The first-order valence-corrected chi connectivity index (χ1v) is 36.6. The summed E-state index contributed by atoms with van der Waals surface area (Å²) in [5, 5.41) is 21.8. The number of rotatable bonds is 8. The summed E-state index contributed by atoms with van der Waals surface area (Å²) in [5.41, 5.74) is 19.2. The number of fused-ring (bicyclic) bond motifs is 14. The normalized spacial score (nSPS) is 11.8. The van der Waals surface area contributed by atoms with E-state index in [-0.39, 0.29) is 0 Å². The molecule has 0 saturated heterocycles. The molecule has 0 bridgehead atoms. The van der Waals surface area contributed by atoms with E-state index in [1.165, 1.54) is 129 Å². The number of oxazole rings is 2. The molecule has 0 N–H and O–H groups in total. The van der Waals surface area contributed by atoms with Gasteiger partial charge in [0, 0.05) is 33.0 Å². The van der Waals surface area contributed by atoms with Gasteiger partial charge in [-0.25, -0.2) is 19.9 Å². The maximum absolute atomic E-state index is 6.08. The van der Waals surface area contributed by atoms with Crippen LogP contribution in [0.4, 0.5) is 0 Å². The lowest BCUT2D eigenvalue weighted by molar-refractivity contribution is 0.619. The lowest BCUT2D eigenvalue weighted by Crippen LogP contribution is -1.92. The molecule has 0 aliphatic carbocycles. The molecule has 0 atom stereocenters. The second kappa shape index (κ2) is 24.3. The molecular weight excluding hydrogens is 1310 g/mol. The first-order valence-electron chi connectivity index (χ1n) is 35.0. The third kappa shape index (κ3) is 10.1. The summed E-state index contributed by atoms with van der Waals surface area (Å²) in [4.78, 5) is 19.6. The van der Waals surface area contributed by atoms with Gasteiger partial charge < -0.3 is 8.83 Å². The van der Waals surface area contributed by atoms with Crippen LogP contribution in [0.25, 0.3) is 217 Å². The molecule has 22 aromatic rings. The molecule has 0 fully saturated rings. The zero-order chi connectivity index (χ0) is 68.3. The van der Waals surface area contributed by atoms with E-state index in [2.05, 4.69) is 291 Å².